The summed E-state index contributed by atoms with van der Waals surface area (Å²) in [5.74, 6) is 0.754. The van der Waals surface area contributed by atoms with E-state index in [2.05, 4.69) is 15.6 Å². The van der Waals surface area contributed by atoms with E-state index in [-0.39, 0.29) is 12.1 Å². The summed E-state index contributed by atoms with van der Waals surface area (Å²) in [4.78, 5) is 14.2. The number of aromatic nitrogens is 3. The monoisotopic (exact) mass is 289 g/mol. The zero-order valence-electron chi connectivity index (χ0n) is 12.2. The fourth-order valence-electron chi connectivity index (χ4n) is 2.64. The minimum absolute atomic E-state index is 0.0348. The smallest absolute Gasteiger partial charge is 0.322 e. The lowest BCUT2D eigenvalue weighted by molar-refractivity contribution is 0.195. The lowest BCUT2D eigenvalue weighted by Crippen LogP contribution is -2.34. The van der Waals surface area contributed by atoms with Crippen LogP contribution in [0.5, 0.6) is 0 Å². The van der Waals surface area contributed by atoms with E-state index in [1.807, 2.05) is 26.1 Å². The van der Waals surface area contributed by atoms with Crippen molar-refractivity contribution in [3.63, 3.8) is 0 Å². The van der Waals surface area contributed by atoms with Crippen LogP contribution in [-0.4, -0.2) is 32.4 Å². The molecule has 0 spiro atoms. The molecule has 0 unspecified atom stereocenters. The third kappa shape index (κ3) is 2.76. The first-order valence-electron chi connectivity index (χ1n) is 7.20. The summed E-state index contributed by atoms with van der Waals surface area (Å²) in [5, 5.41) is 10.9. The zero-order chi connectivity index (χ0) is 14.8. The molecule has 2 aromatic rings. The highest BCUT2D eigenvalue weighted by atomic mass is 16.5. The van der Waals surface area contributed by atoms with Crippen LogP contribution in [0.2, 0.25) is 0 Å². The van der Waals surface area contributed by atoms with Crippen LogP contribution in [0.3, 0.4) is 0 Å². The van der Waals surface area contributed by atoms with Crippen molar-refractivity contribution in [3.05, 3.63) is 29.9 Å². The normalized spacial score (nSPS) is 18.2. The number of anilines is 1. The standard InChI is InChI=1S/C14H19N5O2/c1-3-18-9-11(8-15-18)16-14(20)19-6-4-5-12(19)13-7-10(2)17-21-13/h7-9,12H,3-6H2,1-2H3,(H,16,20)/t12-/m1/s1. The Hall–Kier alpha value is -2.31. The van der Waals surface area contributed by atoms with Crippen LogP contribution in [0.15, 0.2) is 23.0 Å². The van der Waals surface area contributed by atoms with Gasteiger partial charge in [-0.1, -0.05) is 5.16 Å². The van der Waals surface area contributed by atoms with E-state index in [1.165, 1.54) is 0 Å². The van der Waals surface area contributed by atoms with E-state index < -0.39 is 0 Å². The molecule has 1 N–H and O–H groups in total. The Labute approximate surface area is 122 Å². The summed E-state index contributed by atoms with van der Waals surface area (Å²) in [6.07, 6.45) is 5.34. The largest absolute Gasteiger partial charge is 0.359 e. The van der Waals surface area contributed by atoms with Crippen LogP contribution in [0.1, 0.15) is 37.3 Å². The van der Waals surface area contributed by atoms with Gasteiger partial charge in [0, 0.05) is 25.4 Å². The molecule has 1 aliphatic heterocycles. The Morgan fingerprint density at radius 1 is 1.57 bits per heavy atom. The van der Waals surface area contributed by atoms with Crippen molar-refractivity contribution in [2.24, 2.45) is 0 Å². The molecule has 0 aliphatic carbocycles. The minimum atomic E-state index is -0.123. The predicted molar refractivity (Wildman–Crippen MR) is 76.8 cm³/mol. The maximum atomic E-state index is 12.4. The summed E-state index contributed by atoms with van der Waals surface area (Å²) in [6, 6.07) is 1.74. The number of aryl methyl sites for hydroxylation is 2. The number of nitrogens with one attached hydrogen (secondary N) is 1. The molecule has 21 heavy (non-hydrogen) atoms. The average molecular weight is 289 g/mol. The van der Waals surface area contributed by atoms with Gasteiger partial charge >= 0.3 is 6.03 Å². The van der Waals surface area contributed by atoms with Gasteiger partial charge in [0.15, 0.2) is 5.76 Å². The molecule has 1 saturated heterocycles. The Bertz CT molecular complexity index is 633. The van der Waals surface area contributed by atoms with Crippen LogP contribution in [-0.2, 0) is 6.54 Å². The van der Waals surface area contributed by atoms with Crippen molar-refractivity contribution in [2.75, 3.05) is 11.9 Å². The molecule has 1 aliphatic rings. The predicted octanol–water partition coefficient (Wildman–Crippen LogP) is 2.57. The molecule has 2 amide bonds. The molecule has 0 radical (unpaired) electrons. The van der Waals surface area contributed by atoms with Gasteiger partial charge in [-0.15, -0.1) is 0 Å². The van der Waals surface area contributed by atoms with Crippen molar-refractivity contribution >= 4 is 11.7 Å². The van der Waals surface area contributed by atoms with Crippen LogP contribution in [0.4, 0.5) is 10.5 Å². The molecule has 1 atom stereocenters. The van der Waals surface area contributed by atoms with E-state index in [9.17, 15) is 4.79 Å². The van der Waals surface area contributed by atoms with Crippen molar-refractivity contribution in [1.29, 1.82) is 0 Å². The van der Waals surface area contributed by atoms with Crippen molar-refractivity contribution in [2.45, 2.75) is 39.3 Å². The molecule has 1 fully saturated rings. The second-order valence-corrected chi connectivity index (χ2v) is 5.24. The summed E-state index contributed by atoms with van der Waals surface area (Å²) in [7, 11) is 0. The number of carbonyl (C=O) groups is 1. The van der Waals surface area contributed by atoms with Gasteiger partial charge in [0.2, 0.25) is 0 Å². The first kappa shape index (κ1) is 13.7. The van der Waals surface area contributed by atoms with Gasteiger partial charge in [0.25, 0.3) is 0 Å². The second kappa shape index (κ2) is 5.59. The van der Waals surface area contributed by atoms with Gasteiger partial charge < -0.3 is 14.7 Å². The number of rotatable bonds is 3. The molecule has 0 bridgehead atoms. The van der Waals surface area contributed by atoms with Gasteiger partial charge in [-0.3, -0.25) is 4.68 Å². The zero-order valence-corrected chi connectivity index (χ0v) is 12.2. The summed E-state index contributed by atoms with van der Waals surface area (Å²) >= 11 is 0. The lowest BCUT2D eigenvalue weighted by Gasteiger charge is -2.22. The molecule has 112 valence electrons. The number of carbonyl (C=O) groups excluding carboxylic acids is 1. The van der Waals surface area contributed by atoms with Crippen molar-refractivity contribution in [3.8, 4) is 0 Å². The summed E-state index contributed by atoms with van der Waals surface area (Å²) in [5.41, 5.74) is 1.54. The molecule has 2 aromatic heterocycles. The number of nitrogens with zero attached hydrogens (tertiary/aromatic N) is 4. The highest BCUT2D eigenvalue weighted by Gasteiger charge is 2.32. The van der Waals surface area contributed by atoms with E-state index in [4.69, 9.17) is 4.52 Å². The Balaban J connectivity index is 1.71. The van der Waals surface area contributed by atoms with E-state index >= 15 is 0 Å². The van der Waals surface area contributed by atoms with Gasteiger partial charge in [-0.2, -0.15) is 5.10 Å². The van der Waals surface area contributed by atoms with E-state index in [0.717, 1.165) is 37.4 Å². The van der Waals surface area contributed by atoms with Crippen LogP contribution in [0, 0.1) is 6.92 Å². The third-order valence-corrected chi connectivity index (χ3v) is 3.70. The van der Waals surface area contributed by atoms with Crippen LogP contribution >= 0.6 is 0 Å². The fraction of sp³-hybridized carbons (Fsp3) is 0.500. The molecule has 7 heteroatoms. The van der Waals surface area contributed by atoms with Crippen molar-refractivity contribution in [1.82, 2.24) is 19.8 Å². The average Bonchev–Trinajstić information content (AvgIpc) is 3.17. The maximum absolute atomic E-state index is 12.4. The number of likely N-dealkylation sites (tertiary alicyclic amines) is 1. The number of hydrogen-bond donors (Lipinski definition) is 1. The van der Waals surface area contributed by atoms with Gasteiger partial charge in [-0.25, -0.2) is 4.79 Å². The molecule has 0 saturated carbocycles. The Kier molecular flexibility index (Phi) is 3.64. The topological polar surface area (TPSA) is 76.2 Å². The maximum Gasteiger partial charge on any atom is 0.322 e. The minimum Gasteiger partial charge on any atom is -0.359 e. The Morgan fingerprint density at radius 2 is 2.43 bits per heavy atom. The SMILES string of the molecule is CCn1cc(NC(=O)N2CCC[C@@H]2c2cc(C)no2)cn1. The van der Waals surface area contributed by atoms with Gasteiger partial charge in [0.05, 0.1) is 23.6 Å². The number of hydrogen-bond acceptors (Lipinski definition) is 4. The molecule has 3 heterocycles. The molecular weight excluding hydrogens is 270 g/mol. The number of urea groups is 1. The number of amides is 2. The highest BCUT2D eigenvalue weighted by molar-refractivity contribution is 5.89. The van der Waals surface area contributed by atoms with E-state index in [1.54, 1.807) is 15.8 Å². The molecule has 0 aromatic carbocycles. The summed E-state index contributed by atoms with van der Waals surface area (Å²) < 4.78 is 7.09. The first-order chi connectivity index (χ1) is 10.2. The van der Waals surface area contributed by atoms with Crippen molar-refractivity contribution < 1.29 is 9.32 Å². The molecular formula is C14H19N5O2. The highest BCUT2D eigenvalue weighted by Crippen LogP contribution is 2.32. The second-order valence-electron chi connectivity index (χ2n) is 5.24. The lowest BCUT2D eigenvalue weighted by atomic mass is 10.1. The quantitative estimate of drug-likeness (QED) is 0.942. The van der Waals surface area contributed by atoms with Crippen LogP contribution in [0.25, 0.3) is 0 Å². The Morgan fingerprint density at radius 3 is 3.10 bits per heavy atom. The fourth-order valence-corrected chi connectivity index (χ4v) is 2.64. The molecule has 3 rings (SSSR count). The van der Waals surface area contributed by atoms with Gasteiger partial charge in [-0.05, 0) is 26.7 Å². The van der Waals surface area contributed by atoms with Crippen LogP contribution < -0.4 is 5.32 Å². The molecule has 7 nitrogen and oxygen atoms in total. The first-order valence-corrected chi connectivity index (χ1v) is 7.20. The van der Waals surface area contributed by atoms with Gasteiger partial charge in [0.1, 0.15) is 0 Å². The third-order valence-electron chi connectivity index (χ3n) is 3.70. The van der Waals surface area contributed by atoms with E-state index in [0.29, 0.717) is 5.69 Å². The summed E-state index contributed by atoms with van der Waals surface area (Å²) in [6.45, 7) is 5.38.